The van der Waals surface area contributed by atoms with Gasteiger partial charge in [0.15, 0.2) is 28.8 Å². The Morgan fingerprint density at radius 1 is 0.903 bits per heavy atom. The SMILES string of the molecule is COc1cc(/C=C/C(=O)/C=C(O)/C=C/c2ccc(OS(=O)OC)c(OC)c2)ccc1O. The van der Waals surface area contributed by atoms with E-state index >= 15 is 0 Å². The lowest BCUT2D eigenvalue weighted by Gasteiger charge is -2.08. The number of aliphatic hydroxyl groups is 1. The number of carbonyl (C=O) groups is 1. The molecule has 2 aromatic carbocycles. The van der Waals surface area contributed by atoms with Gasteiger partial charge in [0.25, 0.3) is 0 Å². The summed E-state index contributed by atoms with van der Waals surface area (Å²) in [4.78, 5) is 12.0. The van der Waals surface area contributed by atoms with E-state index in [-0.39, 0.29) is 23.0 Å². The first-order valence-electron chi connectivity index (χ1n) is 8.86. The number of phenols is 1. The van der Waals surface area contributed by atoms with Crippen molar-refractivity contribution in [1.82, 2.24) is 0 Å². The third-order valence-corrected chi connectivity index (χ3v) is 4.45. The van der Waals surface area contributed by atoms with Crippen LogP contribution in [0.5, 0.6) is 23.0 Å². The number of rotatable bonds is 10. The minimum atomic E-state index is -1.94. The molecule has 0 aliphatic rings. The fraction of sp³-hybridized carbons (Fsp3) is 0.136. The van der Waals surface area contributed by atoms with Crippen LogP contribution in [0.1, 0.15) is 11.1 Å². The van der Waals surface area contributed by atoms with Crippen molar-refractivity contribution in [2.24, 2.45) is 0 Å². The monoisotopic (exact) mass is 446 g/mol. The van der Waals surface area contributed by atoms with Gasteiger partial charge in [-0.15, -0.1) is 0 Å². The van der Waals surface area contributed by atoms with Crippen LogP contribution in [-0.2, 0) is 20.3 Å². The number of aromatic hydroxyl groups is 1. The van der Waals surface area contributed by atoms with Crippen molar-refractivity contribution < 1.29 is 37.1 Å². The van der Waals surface area contributed by atoms with Gasteiger partial charge in [0.05, 0.1) is 21.3 Å². The van der Waals surface area contributed by atoms with E-state index in [9.17, 15) is 19.2 Å². The minimum absolute atomic E-state index is 0.00293. The lowest BCUT2D eigenvalue weighted by molar-refractivity contribution is -0.110. The summed E-state index contributed by atoms with van der Waals surface area (Å²) in [6.07, 6.45) is 6.78. The number of phenolic OH excluding ortho intramolecular Hbond substituents is 1. The molecule has 2 N–H and O–H groups in total. The largest absolute Gasteiger partial charge is 0.508 e. The van der Waals surface area contributed by atoms with E-state index in [2.05, 4.69) is 4.18 Å². The van der Waals surface area contributed by atoms with E-state index in [1.54, 1.807) is 30.3 Å². The topological polar surface area (TPSA) is 112 Å². The van der Waals surface area contributed by atoms with Crippen molar-refractivity contribution in [2.75, 3.05) is 21.3 Å². The predicted octanol–water partition coefficient (Wildman–Crippen LogP) is 3.75. The lowest BCUT2D eigenvalue weighted by Crippen LogP contribution is -2.03. The van der Waals surface area contributed by atoms with E-state index < -0.39 is 17.1 Å². The summed E-state index contributed by atoms with van der Waals surface area (Å²) in [5.74, 6) is 0.147. The average Bonchev–Trinajstić information content (AvgIpc) is 2.77. The zero-order valence-electron chi connectivity index (χ0n) is 17.1. The van der Waals surface area contributed by atoms with Crippen LogP contribution in [-0.4, -0.2) is 41.5 Å². The van der Waals surface area contributed by atoms with E-state index in [1.165, 1.54) is 51.7 Å². The van der Waals surface area contributed by atoms with Crippen molar-refractivity contribution in [2.45, 2.75) is 0 Å². The number of aliphatic hydroxyl groups excluding tert-OH is 1. The van der Waals surface area contributed by atoms with Crippen LogP contribution in [0, 0.1) is 0 Å². The molecule has 1 unspecified atom stereocenters. The molecule has 0 heterocycles. The van der Waals surface area contributed by atoms with Crippen molar-refractivity contribution in [1.29, 1.82) is 0 Å². The minimum Gasteiger partial charge on any atom is -0.508 e. The predicted molar refractivity (Wildman–Crippen MR) is 117 cm³/mol. The maximum Gasteiger partial charge on any atom is 0.360 e. The molecular formula is C22H22O8S. The molecule has 0 saturated carbocycles. The fourth-order valence-corrected chi connectivity index (χ4v) is 2.72. The molecule has 0 radical (unpaired) electrons. The second-order valence-electron chi connectivity index (χ2n) is 5.93. The third-order valence-electron chi connectivity index (χ3n) is 3.86. The summed E-state index contributed by atoms with van der Waals surface area (Å²) in [5, 5.41) is 19.6. The maximum atomic E-state index is 12.0. The number of hydrogen-bond acceptors (Lipinski definition) is 8. The summed E-state index contributed by atoms with van der Waals surface area (Å²) in [7, 11) is 4.10. The van der Waals surface area contributed by atoms with Crippen LogP contribution in [0.2, 0.25) is 0 Å². The molecule has 8 nitrogen and oxygen atoms in total. The van der Waals surface area contributed by atoms with E-state index in [0.717, 1.165) is 6.08 Å². The van der Waals surface area contributed by atoms with Gasteiger partial charge in [-0.05, 0) is 47.5 Å². The van der Waals surface area contributed by atoms with Crippen molar-refractivity contribution in [3.05, 3.63) is 71.5 Å². The van der Waals surface area contributed by atoms with Crippen LogP contribution in [0.4, 0.5) is 0 Å². The summed E-state index contributed by atoms with van der Waals surface area (Å²) in [6.45, 7) is 0. The summed E-state index contributed by atoms with van der Waals surface area (Å²) < 4.78 is 31.2. The van der Waals surface area contributed by atoms with Gasteiger partial charge in [-0.2, -0.15) is 4.21 Å². The molecule has 1 atom stereocenters. The van der Waals surface area contributed by atoms with Crippen LogP contribution in [0.3, 0.4) is 0 Å². The van der Waals surface area contributed by atoms with Crippen molar-refractivity contribution >= 4 is 29.3 Å². The van der Waals surface area contributed by atoms with Crippen LogP contribution in [0.25, 0.3) is 12.2 Å². The molecule has 164 valence electrons. The maximum absolute atomic E-state index is 12.0. The fourth-order valence-electron chi connectivity index (χ4n) is 2.36. The van der Waals surface area contributed by atoms with Gasteiger partial charge >= 0.3 is 11.4 Å². The van der Waals surface area contributed by atoms with Crippen molar-refractivity contribution in [3.8, 4) is 23.0 Å². The Balaban J connectivity index is 2.07. The van der Waals surface area contributed by atoms with Gasteiger partial charge in [0.2, 0.25) is 0 Å². The number of allylic oxidation sites excluding steroid dienone is 3. The lowest BCUT2D eigenvalue weighted by atomic mass is 10.1. The van der Waals surface area contributed by atoms with Gasteiger partial charge in [0.1, 0.15) is 5.76 Å². The number of ketones is 1. The van der Waals surface area contributed by atoms with Gasteiger partial charge < -0.3 is 23.9 Å². The normalized spacial score (nSPS) is 12.8. The highest BCUT2D eigenvalue weighted by Crippen LogP contribution is 2.29. The van der Waals surface area contributed by atoms with Crippen LogP contribution < -0.4 is 13.7 Å². The third kappa shape index (κ3) is 7.32. The summed E-state index contributed by atoms with van der Waals surface area (Å²) >= 11 is -1.94. The molecule has 0 fully saturated rings. The molecule has 0 saturated heterocycles. The standard InChI is InChI=1S/C22H22O8S/c1-27-21-12-15(6-10-19(21)25)4-8-17(23)14-18(24)9-5-16-7-11-20(22(13-16)28-2)30-31(26)29-3/h4-14,24-25H,1-3H3/b8-4+,9-5+,18-14-. The summed E-state index contributed by atoms with van der Waals surface area (Å²) in [5.41, 5.74) is 1.29. The highest BCUT2D eigenvalue weighted by molar-refractivity contribution is 7.75. The second kappa shape index (κ2) is 11.6. The number of carbonyl (C=O) groups excluding carboxylic acids is 1. The molecule has 0 aliphatic carbocycles. The molecule has 31 heavy (non-hydrogen) atoms. The number of benzene rings is 2. The number of hydrogen-bond donors (Lipinski definition) is 2. The number of ether oxygens (including phenoxy) is 2. The quantitative estimate of drug-likeness (QED) is 0.322. The van der Waals surface area contributed by atoms with Gasteiger partial charge in [-0.3, -0.25) is 8.98 Å². The Kier molecular flexibility index (Phi) is 8.86. The molecule has 0 aromatic heterocycles. The average molecular weight is 446 g/mol. The van der Waals surface area contributed by atoms with E-state index in [0.29, 0.717) is 16.9 Å². The molecule has 0 spiro atoms. The smallest absolute Gasteiger partial charge is 0.360 e. The Hall–Kier alpha value is -3.56. The van der Waals surface area contributed by atoms with Crippen LogP contribution >= 0.6 is 0 Å². The van der Waals surface area contributed by atoms with Gasteiger partial charge in [-0.25, -0.2) is 0 Å². The van der Waals surface area contributed by atoms with Crippen LogP contribution in [0.15, 0.2) is 60.4 Å². The second-order valence-corrected chi connectivity index (χ2v) is 6.84. The first kappa shape index (κ1) is 23.7. The Bertz CT molecular complexity index is 1040. The van der Waals surface area contributed by atoms with Crippen molar-refractivity contribution in [3.63, 3.8) is 0 Å². The molecule has 9 heteroatoms. The molecular weight excluding hydrogens is 424 g/mol. The zero-order valence-corrected chi connectivity index (χ0v) is 17.9. The number of methoxy groups -OCH3 is 2. The highest BCUT2D eigenvalue weighted by Gasteiger charge is 2.09. The Labute approximate surface area is 182 Å². The van der Waals surface area contributed by atoms with Gasteiger partial charge in [0, 0.05) is 6.08 Å². The zero-order chi connectivity index (χ0) is 22.8. The van der Waals surface area contributed by atoms with Gasteiger partial charge in [-0.1, -0.05) is 24.3 Å². The van der Waals surface area contributed by atoms with E-state index in [4.69, 9.17) is 13.7 Å². The summed E-state index contributed by atoms with van der Waals surface area (Å²) in [6, 6.07) is 9.44. The molecule has 2 aromatic rings. The molecule has 0 bridgehead atoms. The Morgan fingerprint density at radius 3 is 2.16 bits per heavy atom. The first-order valence-corrected chi connectivity index (χ1v) is 9.86. The highest BCUT2D eigenvalue weighted by atomic mass is 32.2. The Morgan fingerprint density at radius 2 is 1.52 bits per heavy atom. The van der Waals surface area contributed by atoms with E-state index in [1.807, 2.05) is 0 Å². The molecule has 2 rings (SSSR count). The first-order chi connectivity index (χ1) is 14.9. The molecule has 0 amide bonds. The molecule has 0 aliphatic heterocycles.